The van der Waals surface area contributed by atoms with Gasteiger partial charge in [0.25, 0.3) is 5.56 Å². The van der Waals surface area contributed by atoms with E-state index >= 15 is 0 Å². The number of rotatable bonds is 6. The van der Waals surface area contributed by atoms with E-state index in [1.54, 1.807) is 10.6 Å². The molecule has 1 aromatic heterocycles. The third-order valence-electron chi connectivity index (χ3n) is 4.85. The van der Waals surface area contributed by atoms with Crippen molar-refractivity contribution in [3.8, 4) is 11.5 Å². The van der Waals surface area contributed by atoms with Gasteiger partial charge in [-0.05, 0) is 50.6 Å². The Balaban J connectivity index is 1.49. The fourth-order valence-electron chi connectivity index (χ4n) is 3.26. The highest BCUT2D eigenvalue weighted by atomic mass is 32.2. The van der Waals surface area contributed by atoms with E-state index in [9.17, 15) is 9.59 Å². The molecule has 1 amide bonds. The van der Waals surface area contributed by atoms with E-state index in [0.717, 1.165) is 5.56 Å². The third-order valence-corrected chi connectivity index (χ3v) is 5.91. The molecule has 7 nitrogen and oxygen atoms in total. The number of amides is 1. The standard InChI is InChI=1S/C22H23N3O4S/c1-13(2)25-21(27)16-6-4-5-7-17(16)24-22(25)30-14(3)20(26)23-11-15-8-9-18-19(10-15)29-12-28-18/h4-10,13-14H,11-12H2,1-3H3,(H,23,26)/t14-/m1/s1. The van der Waals surface area contributed by atoms with Gasteiger partial charge in [0.1, 0.15) is 0 Å². The van der Waals surface area contributed by atoms with E-state index in [1.807, 2.05) is 57.2 Å². The second-order valence-electron chi connectivity index (χ2n) is 7.35. The van der Waals surface area contributed by atoms with Gasteiger partial charge in [0.2, 0.25) is 12.7 Å². The van der Waals surface area contributed by atoms with Gasteiger partial charge in [-0.3, -0.25) is 14.2 Å². The highest BCUT2D eigenvalue weighted by Crippen LogP contribution is 2.32. The number of carbonyl (C=O) groups is 1. The molecule has 1 aliphatic heterocycles. The van der Waals surface area contributed by atoms with Crippen molar-refractivity contribution in [1.29, 1.82) is 0 Å². The molecule has 1 atom stereocenters. The quantitative estimate of drug-likeness (QED) is 0.481. The number of thioether (sulfide) groups is 1. The first kappa shape index (κ1) is 20.3. The molecule has 2 aromatic carbocycles. The number of nitrogens with zero attached hydrogens (tertiary/aromatic N) is 2. The van der Waals surface area contributed by atoms with Gasteiger partial charge in [0.05, 0.1) is 16.2 Å². The molecule has 2 heterocycles. The lowest BCUT2D eigenvalue weighted by Gasteiger charge is -2.18. The number of carbonyl (C=O) groups excluding carboxylic acids is 1. The van der Waals surface area contributed by atoms with Crippen LogP contribution in [0.15, 0.2) is 52.4 Å². The normalized spacial score (nSPS) is 13.6. The molecule has 0 spiro atoms. The molecular weight excluding hydrogens is 402 g/mol. The minimum absolute atomic E-state index is 0.0685. The first-order valence-electron chi connectivity index (χ1n) is 9.78. The number of hydrogen-bond acceptors (Lipinski definition) is 6. The molecule has 30 heavy (non-hydrogen) atoms. The van der Waals surface area contributed by atoms with E-state index in [4.69, 9.17) is 9.47 Å². The minimum atomic E-state index is -0.419. The molecule has 0 saturated carbocycles. The Morgan fingerprint density at radius 2 is 1.93 bits per heavy atom. The van der Waals surface area contributed by atoms with Gasteiger partial charge in [-0.2, -0.15) is 0 Å². The molecular formula is C22H23N3O4S. The lowest BCUT2D eigenvalue weighted by Crippen LogP contribution is -2.32. The molecule has 0 aliphatic carbocycles. The van der Waals surface area contributed by atoms with Crippen LogP contribution in [0.3, 0.4) is 0 Å². The molecule has 0 radical (unpaired) electrons. The Morgan fingerprint density at radius 3 is 2.73 bits per heavy atom. The Hall–Kier alpha value is -3.00. The summed E-state index contributed by atoms with van der Waals surface area (Å²) in [7, 11) is 0. The number of fused-ring (bicyclic) bond motifs is 2. The van der Waals surface area contributed by atoms with Crippen molar-refractivity contribution < 1.29 is 14.3 Å². The molecule has 0 unspecified atom stereocenters. The first-order valence-corrected chi connectivity index (χ1v) is 10.7. The van der Waals surface area contributed by atoms with Gasteiger partial charge < -0.3 is 14.8 Å². The fraction of sp³-hybridized carbons (Fsp3) is 0.318. The van der Waals surface area contributed by atoms with Crippen LogP contribution in [0.5, 0.6) is 11.5 Å². The van der Waals surface area contributed by atoms with Gasteiger partial charge in [-0.25, -0.2) is 4.98 Å². The second kappa shape index (κ2) is 8.39. The summed E-state index contributed by atoms with van der Waals surface area (Å²) in [5.41, 5.74) is 1.47. The molecule has 1 N–H and O–H groups in total. The van der Waals surface area contributed by atoms with E-state index in [2.05, 4.69) is 10.3 Å². The van der Waals surface area contributed by atoms with E-state index < -0.39 is 5.25 Å². The van der Waals surface area contributed by atoms with Crippen LogP contribution in [0.4, 0.5) is 0 Å². The first-order chi connectivity index (χ1) is 14.4. The van der Waals surface area contributed by atoms with Crippen LogP contribution >= 0.6 is 11.8 Å². The molecule has 0 bridgehead atoms. The van der Waals surface area contributed by atoms with E-state index in [1.165, 1.54) is 11.8 Å². The summed E-state index contributed by atoms with van der Waals surface area (Å²) >= 11 is 1.29. The molecule has 4 rings (SSSR count). The number of ether oxygens (including phenoxy) is 2. The van der Waals surface area contributed by atoms with Gasteiger partial charge in [0.15, 0.2) is 16.7 Å². The Morgan fingerprint density at radius 1 is 1.17 bits per heavy atom. The van der Waals surface area contributed by atoms with Gasteiger partial charge in [-0.1, -0.05) is 30.0 Å². The highest BCUT2D eigenvalue weighted by Gasteiger charge is 2.21. The number of benzene rings is 2. The van der Waals surface area contributed by atoms with Crippen molar-refractivity contribution in [3.05, 3.63) is 58.4 Å². The van der Waals surface area contributed by atoms with E-state index in [0.29, 0.717) is 34.1 Å². The van der Waals surface area contributed by atoms with Crippen LogP contribution in [0, 0.1) is 0 Å². The van der Waals surface area contributed by atoms with Crippen molar-refractivity contribution in [3.63, 3.8) is 0 Å². The molecule has 0 saturated heterocycles. The average molecular weight is 426 g/mol. The zero-order valence-electron chi connectivity index (χ0n) is 17.0. The van der Waals surface area contributed by atoms with Crippen molar-refractivity contribution in [2.24, 2.45) is 0 Å². The van der Waals surface area contributed by atoms with E-state index in [-0.39, 0.29) is 24.3 Å². The van der Waals surface area contributed by atoms with Crippen LogP contribution in [-0.2, 0) is 11.3 Å². The van der Waals surface area contributed by atoms with Crippen LogP contribution in [0.25, 0.3) is 10.9 Å². The number of hydrogen-bond donors (Lipinski definition) is 1. The van der Waals surface area contributed by atoms with Crippen molar-refractivity contribution >= 4 is 28.6 Å². The van der Waals surface area contributed by atoms with Crippen molar-refractivity contribution in [2.45, 2.75) is 43.8 Å². The number of nitrogens with one attached hydrogen (secondary N) is 1. The monoisotopic (exact) mass is 425 g/mol. The maximum absolute atomic E-state index is 12.9. The number of aromatic nitrogens is 2. The third kappa shape index (κ3) is 4.00. The smallest absolute Gasteiger partial charge is 0.262 e. The lowest BCUT2D eigenvalue weighted by molar-refractivity contribution is -0.120. The molecule has 156 valence electrons. The Kier molecular flexibility index (Phi) is 5.67. The zero-order chi connectivity index (χ0) is 21.3. The van der Waals surface area contributed by atoms with Crippen LogP contribution < -0.4 is 20.3 Å². The SMILES string of the molecule is CC(C)n1c(S[C@H](C)C(=O)NCc2ccc3c(c2)OCO3)nc2ccccc2c1=O. The summed E-state index contributed by atoms with van der Waals surface area (Å²) in [6, 6.07) is 12.8. The Bertz CT molecular complexity index is 1160. The molecule has 0 fully saturated rings. The second-order valence-corrected chi connectivity index (χ2v) is 8.65. The van der Waals surface area contributed by atoms with Crippen LogP contribution in [0.1, 0.15) is 32.4 Å². The van der Waals surface area contributed by atoms with Crippen LogP contribution in [0.2, 0.25) is 0 Å². The maximum Gasteiger partial charge on any atom is 0.262 e. The number of para-hydroxylation sites is 1. The predicted octanol–water partition coefficient (Wildman–Crippen LogP) is 3.50. The lowest BCUT2D eigenvalue weighted by atomic mass is 10.2. The summed E-state index contributed by atoms with van der Waals surface area (Å²) in [5.74, 6) is 1.27. The molecule has 8 heteroatoms. The van der Waals surface area contributed by atoms with Crippen LogP contribution in [-0.4, -0.2) is 27.5 Å². The summed E-state index contributed by atoms with van der Waals surface area (Å²) < 4.78 is 12.3. The minimum Gasteiger partial charge on any atom is -0.454 e. The van der Waals surface area contributed by atoms with Crippen molar-refractivity contribution in [2.75, 3.05) is 6.79 Å². The van der Waals surface area contributed by atoms with Gasteiger partial charge >= 0.3 is 0 Å². The summed E-state index contributed by atoms with van der Waals surface area (Å²) in [6.45, 7) is 6.28. The summed E-state index contributed by atoms with van der Waals surface area (Å²) in [6.07, 6.45) is 0. The maximum atomic E-state index is 12.9. The summed E-state index contributed by atoms with van der Waals surface area (Å²) in [4.78, 5) is 30.3. The largest absolute Gasteiger partial charge is 0.454 e. The Labute approximate surface area is 178 Å². The summed E-state index contributed by atoms with van der Waals surface area (Å²) in [5, 5.41) is 3.64. The molecule has 1 aliphatic rings. The topological polar surface area (TPSA) is 82.5 Å². The predicted molar refractivity (Wildman–Crippen MR) is 116 cm³/mol. The zero-order valence-corrected chi connectivity index (χ0v) is 17.9. The van der Waals surface area contributed by atoms with Crippen molar-refractivity contribution in [1.82, 2.24) is 14.9 Å². The van der Waals surface area contributed by atoms with Gasteiger partial charge in [-0.15, -0.1) is 0 Å². The highest BCUT2D eigenvalue weighted by molar-refractivity contribution is 8.00. The van der Waals surface area contributed by atoms with Gasteiger partial charge in [0, 0.05) is 12.6 Å². The fourth-order valence-corrected chi connectivity index (χ4v) is 4.32. The average Bonchev–Trinajstić information content (AvgIpc) is 3.19. The molecule has 3 aromatic rings.